The number of hydrogen-bond donors (Lipinski definition) is 4. The summed E-state index contributed by atoms with van der Waals surface area (Å²) in [4.78, 5) is 12.0. The van der Waals surface area contributed by atoms with Gasteiger partial charge in [-0.25, -0.2) is 0 Å². The number of ether oxygens (including phenoxy) is 4. The van der Waals surface area contributed by atoms with Crippen LogP contribution < -0.4 is 0 Å². The lowest BCUT2D eigenvalue weighted by Crippen LogP contribution is -2.59. The Morgan fingerprint density at radius 2 is 1.40 bits per heavy atom. The van der Waals surface area contributed by atoms with Crippen LogP contribution in [0, 0.1) is 0 Å². The highest BCUT2D eigenvalue weighted by atomic mass is 16.7. The molecule has 1 aliphatic heterocycles. The molecule has 1 saturated heterocycles. The van der Waals surface area contributed by atoms with Crippen molar-refractivity contribution in [3.05, 3.63) is 36.5 Å². The third-order valence-electron chi connectivity index (χ3n) is 7.04. The second-order valence-corrected chi connectivity index (χ2v) is 10.9. The smallest absolute Gasteiger partial charge is 0.306 e. The summed E-state index contributed by atoms with van der Waals surface area (Å²) in [6, 6.07) is 0. The Labute approximate surface area is 253 Å². The summed E-state index contributed by atoms with van der Waals surface area (Å²) >= 11 is 0. The Balaban J connectivity index is 2.14. The van der Waals surface area contributed by atoms with Gasteiger partial charge in [-0.3, -0.25) is 4.79 Å². The van der Waals surface area contributed by atoms with Crippen molar-refractivity contribution in [3.63, 3.8) is 0 Å². The van der Waals surface area contributed by atoms with Crippen LogP contribution >= 0.6 is 0 Å². The number of allylic oxidation sites excluding steroid dienone is 6. The number of rotatable bonds is 25. The first-order valence-electron chi connectivity index (χ1n) is 16.1. The molecule has 0 aromatic carbocycles. The lowest BCUT2D eigenvalue weighted by Gasteiger charge is -2.39. The van der Waals surface area contributed by atoms with Gasteiger partial charge < -0.3 is 39.4 Å². The molecule has 1 aliphatic rings. The quantitative estimate of drug-likeness (QED) is 0.0657. The first-order valence-corrected chi connectivity index (χ1v) is 16.1. The average molecular weight is 599 g/mol. The fraction of sp³-hybridized carbons (Fsp3) is 0.788. The number of aliphatic hydroxyl groups is 4. The molecular formula is C33H58O9. The molecule has 4 N–H and O–H groups in total. The minimum Gasteiger partial charge on any atom is -0.457 e. The van der Waals surface area contributed by atoms with Crippen LogP contribution in [0.2, 0.25) is 0 Å². The second kappa shape index (κ2) is 25.9. The zero-order valence-corrected chi connectivity index (χ0v) is 26.0. The van der Waals surface area contributed by atoms with Crippen molar-refractivity contribution in [1.82, 2.24) is 0 Å². The maximum atomic E-state index is 12.0. The molecule has 1 heterocycles. The molecular weight excluding hydrogens is 540 g/mol. The Morgan fingerprint density at radius 1 is 0.786 bits per heavy atom. The van der Waals surface area contributed by atoms with Gasteiger partial charge in [0.2, 0.25) is 0 Å². The van der Waals surface area contributed by atoms with Gasteiger partial charge in [0.15, 0.2) is 6.29 Å². The fourth-order valence-electron chi connectivity index (χ4n) is 4.54. The topological polar surface area (TPSA) is 135 Å². The summed E-state index contributed by atoms with van der Waals surface area (Å²) in [7, 11) is 0. The van der Waals surface area contributed by atoms with E-state index >= 15 is 0 Å². The van der Waals surface area contributed by atoms with Crippen molar-refractivity contribution in [1.29, 1.82) is 0 Å². The lowest BCUT2D eigenvalue weighted by atomic mass is 9.99. The highest BCUT2D eigenvalue weighted by molar-refractivity contribution is 5.69. The van der Waals surface area contributed by atoms with Crippen LogP contribution in [0.25, 0.3) is 0 Å². The molecule has 0 spiro atoms. The predicted octanol–water partition coefficient (Wildman–Crippen LogP) is 4.90. The van der Waals surface area contributed by atoms with E-state index in [1.165, 1.54) is 32.1 Å². The van der Waals surface area contributed by atoms with E-state index in [2.05, 4.69) is 43.4 Å². The standard InChI is InChI=1S/C33H58O9/c1-3-5-6-7-8-9-10-11-12-13-14-15-16-17-18-19-20-21-23-39-25-27(41-29(35)22-4-2)26-40-33-32(38)31(37)30(36)28(24-34)42-33/h5-6,8-9,11-12,27-28,30-34,36-38H,3-4,7,10,13-26H2,1-2H3/b6-5-,9-8-,12-11-. The van der Waals surface area contributed by atoms with Gasteiger partial charge in [-0.15, -0.1) is 0 Å². The van der Waals surface area contributed by atoms with Gasteiger partial charge in [0, 0.05) is 13.0 Å². The molecule has 0 aromatic heterocycles. The van der Waals surface area contributed by atoms with Crippen LogP contribution in [-0.4, -0.2) is 89.6 Å². The molecule has 244 valence electrons. The number of carbonyl (C=O) groups excluding carboxylic acids is 1. The van der Waals surface area contributed by atoms with Crippen molar-refractivity contribution in [2.24, 2.45) is 0 Å². The van der Waals surface area contributed by atoms with E-state index in [9.17, 15) is 25.2 Å². The number of hydrogen-bond acceptors (Lipinski definition) is 9. The monoisotopic (exact) mass is 598 g/mol. The normalized spacial score (nSPS) is 23.8. The van der Waals surface area contributed by atoms with Gasteiger partial charge in [0.1, 0.15) is 30.5 Å². The van der Waals surface area contributed by atoms with E-state index in [0.29, 0.717) is 13.0 Å². The maximum Gasteiger partial charge on any atom is 0.306 e. The number of esters is 1. The third kappa shape index (κ3) is 18.2. The molecule has 9 nitrogen and oxygen atoms in total. The lowest BCUT2D eigenvalue weighted by molar-refractivity contribution is -0.305. The molecule has 42 heavy (non-hydrogen) atoms. The van der Waals surface area contributed by atoms with Crippen molar-refractivity contribution in [2.45, 2.75) is 141 Å². The van der Waals surface area contributed by atoms with Gasteiger partial charge in [-0.05, 0) is 44.9 Å². The van der Waals surface area contributed by atoms with Gasteiger partial charge in [0.25, 0.3) is 0 Å². The molecule has 6 unspecified atom stereocenters. The Hall–Kier alpha value is -1.59. The van der Waals surface area contributed by atoms with E-state index < -0.39 is 43.4 Å². The Kier molecular flexibility index (Phi) is 23.7. The van der Waals surface area contributed by atoms with Crippen LogP contribution in [0.1, 0.15) is 104 Å². The number of aliphatic hydroxyl groups excluding tert-OH is 4. The highest BCUT2D eigenvalue weighted by Gasteiger charge is 2.44. The van der Waals surface area contributed by atoms with Crippen molar-refractivity contribution >= 4 is 5.97 Å². The van der Waals surface area contributed by atoms with E-state index in [-0.39, 0.29) is 25.6 Å². The van der Waals surface area contributed by atoms with Crippen molar-refractivity contribution in [3.8, 4) is 0 Å². The van der Waals surface area contributed by atoms with Crippen LogP contribution in [0.5, 0.6) is 0 Å². The Bertz CT molecular complexity index is 737. The van der Waals surface area contributed by atoms with Gasteiger partial charge in [0.05, 0.1) is 19.8 Å². The van der Waals surface area contributed by atoms with Gasteiger partial charge in [-0.2, -0.15) is 0 Å². The van der Waals surface area contributed by atoms with Crippen LogP contribution in [-0.2, 0) is 23.7 Å². The molecule has 9 heteroatoms. The maximum absolute atomic E-state index is 12.0. The van der Waals surface area contributed by atoms with E-state index in [1.807, 2.05) is 6.92 Å². The Morgan fingerprint density at radius 3 is 2.05 bits per heavy atom. The molecule has 0 radical (unpaired) electrons. The van der Waals surface area contributed by atoms with Crippen molar-refractivity contribution in [2.75, 3.05) is 26.4 Å². The van der Waals surface area contributed by atoms with Gasteiger partial charge >= 0.3 is 5.97 Å². The minimum absolute atomic E-state index is 0.123. The molecule has 0 amide bonds. The molecule has 1 rings (SSSR count). The predicted molar refractivity (Wildman–Crippen MR) is 164 cm³/mol. The molecule has 0 bridgehead atoms. The summed E-state index contributed by atoms with van der Waals surface area (Å²) in [5.74, 6) is -0.372. The summed E-state index contributed by atoms with van der Waals surface area (Å²) < 4.78 is 22.1. The second-order valence-electron chi connectivity index (χ2n) is 10.9. The molecule has 0 aliphatic carbocycles. The summed E-state index contributed by atoms with van der Waals surface area (Å²) in [6.45, 7) is 4.03. The average Bonchev–Trinajstić information content (AvgIpc) is 2.98. The highest BCUT2D eigenvalue weighted by Crippen LogP contribution is 2.22. The zero-order valence-electron chi connectivity index (χ0n) is 26.0. The first-order chi connectivity index (χ1) is 20.4. The van der Waals surface area contributed by atoms with Crippen LogP contribution in [0.3, 0.4) is 0 Å². The first kappa shape index (κ1) is 38.4. The zero-order chi connectivity index (χ0) is 30.8. The van der Waals surface area contributed by atoms with Crippen LogP contribution in [0.4, 0.5) is 0 Å². The fourth-order valence-corrected chi connectivity index (χ4v) is 4.54. The molecule has 0 aromatic rings. The third-order valence-corrected chi connectivity index (χ3v) is 7.04. The number of unbranched alkanes of at least 4 members (excludes halogenated alkanes) is 8. The van der Waals surface area contributed by atoms with E-state index in [0.717, 1.165) is 44.9 Å². The van der Waals surface area contributed by atoms with Gasteiger partial charge in [-0.1, -0.05) is 88.8 Å². The largest absolute Gasteiger partial charge is 0.457 e. The molecule has 6 atom stereocenters. The summed E-state index contributed by atoms with van der Waals surface area (Å²) in [5.41, 5.74) is 0. The van der Waals surface area contributed by atoms with Crippen molar-refractivity contribution < 1.29 is 44.2 Å². The SMILES string of the molecule is CC/C=C\C/C=C\C/C=C\CCCCCCCCCCOCC(COC1OC(CO)C(O)C(O)C1O)OC(=O)CCC. The van der Waals surface area contributed by atoms with Crippen LogP contribution in [0.15, 0.2) is 36.5 Å². The summed E-state index contributed by atoms with van der Waals surface area (Å²) in [5, 5.41) is 39.4. The molecule has 1 fully saturated rings. The molecule has 0 saturated carbocycles. The number of carbonyl (C=O) groups is 1. The van der Waals surface area contributed by atoms with E-state index in [4.69, 9.17) is 18.9 Å². The van der Waals surface area contributed by atoms with E-state index in [1.54, 1.807) is 0 Å². The minimum atomic E-state index is -1.53. The summed E-state index contributed by atoms with van der Waals surface area (Å²) in [6.07, 6.45) is 20.5.